The third kappa shape index (κ3) is 4.06. The summed E-state index contributed by atoms with van der Waals surface area (Å²) < 4.78 is 32.5. The van der Waals surface area contributed by atoms with Gasteiger partial charge in [-0.05, 0) is 43.0 Å². The Morgan fingerprint density at radius 1 is 1.25 bits per heavy atom. The van der Waals surface area contributed by atoms with Crippen LogP contribution in [-0.2, 0) is 16.6 Å². The summed E-state index contributed by atoms with van der Waals surface area (Å²) in [7, 11) is -3.42. The fourth-order valence-corrected chi connectivity index (χ4v) is 3.72. The van der Waals surface area contributed by atoms with Crippen LogP contribution in [0.3, 0.4) is 0 Å². The number of ether oxygens (including phenoxy) is 1. The standard InChI is InChI=1S/C14H17NO3S2/c1-11(2)18-13-6-3-5-12(9-13)10-15-20(16,17)14-7-4-8-19-14/h3-9,11,15H,10H2,1-2H3. The van der Waals surface area contributed by atoms with Gasteiger partial charge in [0.25, 0.3) is 0 Å². The summed E-state index contributed by atoms with van der Waals surface area (Å²) in [6.45, 7) is 4.15. The second-order valence-corrected chi connectivity index (χ2v) is 7.51. The average molecular weight is 311 g/mol. The summed E-state index contributed by atoms with van der Waals surface area (Å²) in [5.41, 5.74) is 0.864. The average Bonchev–Trinajstić information content (AvgIpc) is 2.91. The lowest BCUT2D eigenvalue weighted by Crippen LogP contribution is -2.22. The van der Waals surface area contributed by atoms with E-state index in [0.717, 1.165) is 11.3 Å². The Balaban J connectivity index is 2.04. The van der Waals surface area contributed by atoms with E-state index in [1.165, 1.54) is 11.3 Å². The largest absolute Gasteiger partial charge is 0.491 e. The lowest BCUT2D eigenvalue weighted by molar-refractivity contribution is 0.242. The predicted octanol–water partition coefficient (Wildman–Crippen LogP) is 3.01. The van der Waals surface area contributed by atoms with Gasteiger partial charge in [-0.3, -0.25) is 0 Å². The molecule has 0 radical (unpaired) electrons. The Hall–Kier alpha value is -1.37. The first-order chi connectivity index (χ1) is 9.47. The Kier molecular flexibility index (Phi) is 4.80. The minimum atomic E-state index is -3.42. The van der Waals surface area contributed by atoms with E-state index in [9.17, 15) is 8.42 Å². The molecule has 108 valence electrons. The van der Waals surface area contributed by atoms with E-state index in [1.807, 2.05) is 38.1 Å². The maximum absolute atomic E-state index is 12.0. The van der Waals surface area contributed by atoms with Crippen LogP contribution in [0.4, 0.5) is 0 Å². The molecule has 1 N–H and O–H groups in total. The van der Waals surface area contributed by atoms with Gasteiger partial charge < -0.3 is 4.74 Å². The van der Waals surface area contributed by atoms with Crippen molar-refractivity contribution in [2.75, 3.05) is 0 Å². The van der Waals surface area contributed by atoms with E-state index in [1.54, 1.807) is 17.5 Å². The summed E-state index contributed by atoms with van der Waals surface area (Å²) in [4.78, 5) is 0. The van der Waals surface area contributed by atoms with Crippen LogP contribution in [0, 0.1) is 0 Å². The summed E-state index contributed by atoms with van der Waals surface area (Å²) >= 11 is 1.20. The molecule has 0 atom stereocenters. The lowest BCUT2D eigenvalue weighted by Gasteiger charge is -2.11. The molecular formula is C14H17NO3S2. The van der Waals surface area contributed by atoms with Gasteiger partial charge >= 0.3 is 0 Å². The molecular weight excluding hydrogens is 294 g/mol. The minimum absolute atomic E-state index is 0.0908. The number of hydrogen-bond donors (Lipinski definition) is 1. The minimum Gasteiger partial charge on any atom is -0.491 e. The van der Waals surface area contributed by atoms with E-state index in [4.69, 9.17) is 4.74 Å². The maximum Gasteiger partial charge on any atom is 0.250 e. The normalized spacial score (nSPS) is 11.8. The molecule has 0 aliphatic rings. The summed E-state index contributed by atoms with van der Waals surface area (Å²) in [6, 6.07) is 10.7. The molecule has 0 saturated carbocycles. The zero-order valence-electron chi connectivity index (χ0n) is 11.4. The molecule has 0 spiro atoms. The molecule has 6 heteroatoms. The van der Waals surface area contributed by atoms with Crippen LogP contribution < -0.4 is 9.46 Å². The Bertz CT molecular complexity index is 649. The van der Waals surface area contributed by atoms with E-state index in [2.05, 4.69) is 4.72 Å². The van der Waals surface area contributed by atoms with Crippen LogP contribution in [-0.4, -0.2) is 14.5 Å². The Morgan fingerprint density at radius 2 is 2.05 bits per heavy atom. The van der Waals surface area contributed by atoms with Crippen molar-refractivity contribution >= 4 is 21.4 Å². The van der Waals surface area contributed by atoms with E-state index in [0.29, 0.717) is 4.21 Å². The molecule has 0 bridgehead atoms. The molecule has 0 aliphatic heterocycles. The van der Waals surface area contributed by atoms with Crippen molar-refractivity contribution in [3.8, 4) is 5.75 Å². The summed E-state index contributed by atoms with van der Waals surface area (Å²) in [5, 5.41) is 1.74. The molecule has 0 fully saturated rings. The molecule has 1 aromatic heterocycles. The number of thiophene rings is 1. The zero-order chi connectivity index (χ0) is 14.6. The third-order valence-corrected chi connectivity index (χ3v) is 5.30. The van der Waals surface area contributed by atoms with Crippen LogP contribution in [0.5, 0.6) is 5.75 Å². The lowest BCUT2D eigenvalue weighted by atomic mass is 10.2. The second-order valence-electron chi connectivity index (χ2n) is 4.57. The maximum atomic E-state index is 12.0. The van der Waals surface area contributed by atoms with Crippen molar-refractivity contribution < 1.29 is 13.2 Å². The molecule has 4 nitrogen and oxygen atoms in total. The molecule has 20 heavy (non-hydrogen) atoms. The van der Waals surface area contributed by atoms with E-state index < -0.39 is 10.0 Å². The van der Waals surface area contributed by atoms with E-state index in [-0.39, 0.29) is 12.6 Å². The summed E-state index contributed by atoms with van der Waals surface area (Å²) in [5.74, 6) is 0.743. The highest BCUT2D eigenvalue weighted by Crippen LogP contribution is 2.18. The topological polar surface area (TPSA) is 55.4 Å². The molecule has 1 heterocycles. The molecule has 1 aromatic carbocycles. The van der Waals surface area contributed by atoms with Crippen LogP contribution in [0.15, 0.2) is 46.0 Å². The SMILES string of the molecule is CC(C)Oc1cccc(CNS(=O)(=O)c2cccs2)c1. The number of rotatable bonds is 6. The molecule has 0 aliphatic carbocycles. The summed E-state index contributed by atoms with van der Waals surface area (Å²) in [6.07, 6.45) is 0.0908. The monoisotopic (exact) mass is 311 g/mol. The second kappa shape index (κ2) is 6.39. The van der Waals surface area contributed by atoms with Gasteiger partial charge in [-0.15, -0.1) is 11.3 Å². The molecule has 0 unspecified atom stereocenters. The van der Waals surface area contributed by atoms with Crippen molar-refractivity contribution in [2.45, 2.75) is 30.7 Å². The first-order valence-corrected chi connectivity index (χ1v) is 8.62. The van der Waals surface area contributed by atoms with Gasteiger partial charge in [0.05, 0.1) is 6.10 Å². The van der Waals surface area contributed by atoms with Crippen LogP contribution in [0.25, 0.3) is 0 Å². The smallest absolute Gasteiger partial charge is 0.250 e. The number of hydrogen-bond acceptors (Lipinski definition) is 4. The molecule has 0 saturated heterocycles. The van der Waals surface area contributed by atoms with Gasteiger partial charge in [0.15, 0.2) is 0 Å². The van der Waals surface area contributed by atoms with Gasteiger partial charge in [0, 0.05) is 6.54 Å². The van der Waals surface area contributed by atoms with Crippen molar-refractivity contribution in [2.24, 2.45) is 0 Å². The number of nitrogens with one attached hydrogen (secondary N) is 1. The highest BCUT2D eigenvalue weighted by atomic mass is 32.2. The van der Waals surface area contributed by atoms with E-state index >= 15 is 0 Å². The highest BCUT2D eigenvalue weighted by Gasteiger charge is 2.14. The van der Waals surface area contributed by atoms with Gasteiger partial charge in [-0.2, -0.15) is 0 Å². The number of benzene rings is 1. The quantitative estimate of drug-likeness (QED) is 0.892. The predicted molar refractivity (Wildman–Crippen MR) is 80.6 cm³/mol. The Morgan fingerprint density at radius 3 is 2.70 bits per heavy atom. The van der Waals surface area contributed by atoms with Crippen LogP contribution in [0.2, 0.25) is 0 Å². The number of sulfonamides is 1. The van der Waals surface area contributed by atoms with Crippen molar-refractivity contribution in [3.05, 3.63) is 47.3 Å². The zero-order valence-corrected chi connectivity index (χ0v) is 13.0. The Labute approximate surface area is 123 Å². The van der Waals surface area contributed by atoms with Crippen LogP contribution >= 0.6 is 11.3 Å². The fraction of sp³-hybridized carbons (Fsp3) is 0.286. The van der Waals surface area contributed by atoms with Crippen molar-refractivity contribution in [1.82, 2.24) is 4.72 Å². The van der Waals surface area contributed by atoms with Gasteiger partial charge in [-0.25, -0.2) is 13.1 Å². The molecule has 0 amide bonds. The van der Waals surface area contributed by atoms with Crippen molar-refractivity contribution in [1.29, 1.82) is 0 Å². The van der Waals surface area contributed by atoms with Gasteiger partial charge in [0.2, 0.25) is 10.0 Å². The van der Waals surface area contributed by atoms with Gasteiger partial charge in [0.1, 0.15) is 9.96 Å². The first kappa shape index (κ1) is 15.0. The molecule has 2 rings (SSSR count). The fourth-order valence-electron chi connectivity index (χ4n) is 1.67. The third-order valence-electron chi connectivity index (χ3n) is 2.50. The molecule has 2 aromatic rings. The highest BCUT2D eigenvalue weighted by molar-refractivity contribution is 7.91. The van der Waals surface area contributed by atoms with Gasteiger partial charge in [-0.1, -0.05) is 18.2 Å². The first-order valence-electron chi connectivity index (χ1n) is 6.26. The van der Waals surface area contributed by atoms with Crippen molar-refractivity contribution in [3.63, 3.8) is 0 Å². The van der Waals surface area contributed by atoms with Crippen LogP contribution in [0.1, 0.15) is 19.4 Å².